The van der Waals surface area contributed by atoms with Crippen molar-refractivity contribution in [3.63, 3.8) is 0 Å². The minimum Gasteiger partial charge on any atom is -0.496 e. The lowest BCUT2D eigenvalue weighted by molar-refractivity contribution is 0.0988. The number of carbonyl (C=O) groups excluding carboxylic acids is 2. The van der Waals surface area contributed by atoms with Crippen molar-refractivity contribution in [2.45, 2.75) is 4.90 Å². The second-order valence-electron chi connectivity index (χ2n) is 4.64. The highest BCUT2D eigenvalue weighted by molar-refractivity contribution is 8.04. The van der Waals surface area contributed by atoms with Crippen LogP contribution in [0.1, 0.15) is 20.7 Å². The van der Waals surface area contributed by atoms with Gasteiger partial charge in [0.15, 0.2) is 5.78 Å². The van der Waals surface area contributed by atoms with E-state index >= 15 is 0 Å². The van der Waals surface area contributed by atoms with Gasteiger partial charge in [0.25, 0.3) is 0 Å². The lowest BCUT2D eigenvalue weighted by atomic mass is 9.94. The van der Waals surface area contributed by atoms with Crippen molar-refractivity contribution < 1.29 is 14.3 Å². The number of thioether (sulfide) groups is 1. The van der Waals surface area contributed by atoms with Crippen LogP contribution in [0.5, 0.6) is 5.75 Å². The number of hydrogen-bond acceptors (Lipinski definition) is 4. The van der Waals surface area contributed by atoms with Crippen molar-refractivity contribution in [1.82, 2.24) is 0 Å². The molecule has 0 bridgehead atoms. The number of hydrogen-bond donors (Lipinski definition) is 0. The van der Waals surface area contributed by atoms with Crippen LogP contribution in [0.4, 0.5) is 0 Å². The number of methoxy groups -OCH3 is 1. The fraction of sp³-hybridized carbons (Fsp3) is 0.0588. The number of halogens is 1. The maximum atomic E-state index is 12.6. The van der Waals surface area contributed by atoms with Crippen LogP contribution in [0.15, 0.2) is 58.3 Å². The van der Waals surface area contributed by atoms with Crippen molar-refractivity contribution in [2.24, 2.45) is 0 Å². The molecule has 0 fully saturated rings. The SMILES string of the molecule is COc1cccc2c1C(=O)C=C(Sc1ccc(Cl)cc1)C2=O. The van der Waals surface area contributed by atoms with Crippen LogP contribution in [0.3, 0.4) is 0 Å². The number of rotatable bonds is 3. The number of fused-ring (bicyclic) bond motifs is 1. The molecule has 1 aliphatic rings. The zero-order chi connectivity index (χ0) is 15.7. The fourth-order valence-corrected chi connectivity index (χ4v) is 3.26. The first-order chi connectivity index (χ1) is 10.6. The van der Waals surface area contributed by atoms with E-state index in [1.54, 1.807) is 30.3 Å². The van der Waals surface area contributed by atoms with Crippen LogP contribution >= 0.6 is 23.4 Å². The van der Waals surface area contributed by atoms with Crippen molar-refractivity contribution >= 4 is 34.9 Å². The molecule has 0 aromatic heterocycles. The van der Waals surface area contributed by atoms with E-state index in [0.717, 1.165) is 4.90 Å². The predicted octanol–water partition coefficient (Wildman–Crippen LogP) is 4.40. The average molecular weight is 331 g/mol. The Morgan fingerprint density at radius 1 is 1.05 bits per heavy atom. The lowest BCUT2D eigenvalue weighted by Crippen LogP contribution is -2.16. The Bertz CT molecular complexity index is 794. The number of ketones is 2. The van der Waals surface area contributed by atoms with Gasteiger partial charge in [-0.25, -0.2) is 0 Å². The van der Waals surface area contributed by atoms with E-state index in [2.05, 4.69) is 0 Å². The molecule has 0 saturated carbocycles. The van der Waals surface area contributed by atoms with Crippen molar-refractivity contribution in [2.75, 3.05) is 7.11 Å². The summed E-state index contributed by atoms with van der Waals surface area (Å²) in [7, 11) is 1.48. The molecule has 0 saturated heterocycles. The highest BCUT2D eigenvalue weighted by Crippen LogP contribution is 2.36. The molecule has 0 N–H and O–H groups in total. The zero-order valence-corrected chi connectivity index (χ0v) is 13.2. The van der Waals surface area contributed by atoms with Gasteiger partial charge in [-0.05, 0) is 36.4 Å². The first-order valence-electron chi connectivity index (χ1n) is 6.51. The summed E-state index contributed by atoms with van der Waals surface area (Å²) in [6, 6.07) is 12.1. The highest BCUT2D eigenvalue weighted by atomic mass is 35.5. The van der Waals surface area contributed by atoms with Crippen LogP contribution in [0.2, 0.25) is 5.02 Å². The van der Waals surface area contributed by atoms with E-state index in [1.807, 2.05) is 12.1 Å². The Balaban J connectivity index is 1.97. The molecule has 3 rings (SSSR count). The van der Waals surface area contributed by atoms with Gasteiger partial charge >= 0.3 is 0 Å². The van der Waals surface area contributed by atoms with Gasteiger partial charge in [-0.15, -0.1) is 0 Å². The van der Waals surface area contributed by atoms with Crippen LogP contribution < -0.4 is 4.74 Å². The van der Waals surface area contributed by atoms with Crippen LogP contribution in [0.25, 0.3) is 0 Å². The molecule has 0 radical (unpaired) electrons. The average Bonchev–Trinajstić information content (AvgIpc) is 2.53. The number of Topliss-reactive ketones (excluding diaryl/α,β-unsaturated/α-hetero) is 1. The molecule has 0 unspecified atom stereocenters. The number of ether oxygens (including phenoxy) is 1. The minimum absolute atomic E-state index is 0.173. The monoisotopic (exact) mass is 330 g/mol. The van der Waals surface area contributed by atoms with Gasteiger partial charge < -0.3 is 4.74 Å². The molecule has 110 valence electrons. The molecule has 3 nitrogen and oxygen atoms in total. The van der Waals surface area contributed by atoms with Crippen LogP contribution in [-0.4, -0.2) is 18.7 Å². The van der Waals surface area contributed by atoms with E-state index in [0.29, 0.717) is 26.8 Å². The van der Waals surface area contributed by atoms with Gasteiger partial charge in [-0.1, -0.05) is 29.4 Å². The maximum Gasteiger partial charge on any atom is 0.200 e. The summed E-state index contributed by atoms with van der Waals surface area (Å²) >= 11 is 7.10. The number of benzene rings is 2. The van der Waals surface area contributed by atoms with Crippen LogP contribution in [0, 0.1) is 0 Å². The van der Waals surface area contributed by atoms with Crippen molar-refractivity contribution in [3.8, 4) is 5.75 Å². The molecule has 1 aliphatic carbocycles. The Morgan fingerprint density at radius 3 is 2.45 bits per heavy atom. The summed E-state index contributed by atoms with van der Waals surface area (Å²) in [4.78, 5) is 26.1. The fourth-order valence-electron chi connectivity index (χ4n) is 2.24. The topological polar surface area (TPSA) is 43.4 Å². The lowest BCUT2D eigenvalue weighted by Gasteiger charge is -2.17. The summed E-state index contributed by atoms with van der Waals surface area (Å²) in [6.45, 7) is 0. The minimum atomic E-state index is -0.219. The number of allylic oxidation sites excluding steroid dienone is 2. The zero-order valence-electron chi connectivity index (χ0n) is 11.6. The maximum absolute atomic E-state index is 12.6. The second kappa shape index (κ2) is 5.99. The molecule has 2 aromatic rings. The Hall–Kier alpha value is -2.04. The molecule has 0 atom stereocenters. The molecular weight excluding hydrogens is 320 g/mol. The quantitative estimate of drug-likeness (QED) is 0.836. The third kappa shape index (κ3) is 2.67. The van der Waals surface area contributed by atoms with Gasteiger partial charge in [0, 0.05) is 21.6 Å². The molecular formula is C17H11ClO3S. The van der Waals surface area contributed by atoms with E-state index in [1.165, 1.54) is 24.9 Å². The van der Waals surface area contributed by atoms with Gasteiger partial charge in [-0.2, -0.15) is 0 Å². The summed E-state index contributed by atoms with van der Waals surface area (Å²) in [5.74, 6) is 0.0274. The largest absolute Gasteiger partial charge is 0.496 e. The second-order valence-corrected chi connectivity index (χ2v) is 6.19. The van der Waals surface area contributed by atoms with Gasteiger partial charge in [-0.3, -0.25) is 9.59 Å². The summed E-state index contributed by atoms with van der Waals surface area (Å²) in [6.07, 6.45) is 1.37. The van der Waals surface area contributed by atoms with Crippen molar-refractivity contribution in [1.29, 1.82) is 0 Å². The molecule has 22 heavy (non-hydrogen) atoms. The van der Waals surface area contributed by atoms with E-state index in [9.17, 15) is 9.59 Å². The molecule has 0 spiro atoms. The first kappa shape index (κ1) is 14.9. The highest BCUT2D eigenvalue weighted by Gasteiger charge is 2.28. The Kier molecular flexibility index (Phi) is 4.05. The molecule has 0 aliphatic heterocycles. The van der Waals surface area contributed by atoms with E-state index < -0.39 is 0 Å². The third-order valence-corrected chi connectivity index (χ3v) is 4.55. The number of carbonyl (C=O) groups is 2. The summed E-state index contributed by atoms with van der Waals surface area (Å²) in [5.41, 5.74) is 0.707. The van der Waals surface area contributed by atoms with Crippen LogP contribution in [-0.2, 0) is 0 Å². The normalized spacial score (nSPS) is 13.6. The summed E-state index contributed by atoms with van der Waals surface area (Å²) < 4.78 is 5.17. The third-order valence-electron chi connectivity index (χ3n) is 3.26. The Morgan fingerprint density at radius 2 is 1.77 bits per heavy atom. The molecule has 0 amide bonds. The van der Waals surface area contributed by atoms with E-state index in [4.69, 9.17) is 16.3 Å². The van der Waals surface area contributed by atoms with Gasteiger partial charge in [0.1, 0.15) is 5.75 Å². The first-order valence-corrected chi connectivity index (χ1v) is 7.71. The van der Waals surface area contributed by atoms with E-state index in [-0.39, 0.29) is 11.6 Å². The Labute approximate surface area is 136 Å². The molecule has 2 aromatic carbocycles. The predicted molar refractivity (Wildman–Crippen MR) is 87.0 cm³/mol. The van der Waals surface area contributed by atoms with Crippen molar-refractivity contribution in [3.05, 3.63) is 69.6 Å². The molecule has 5 heteroatoms. The molecule has 0 heterocycles. The van der Waals surface area contributed by atoms with Gasteiger partial charge in [0.05, 0.1) is 17.6 Å². The standard InChI is InChI=1S/C17H11ClO3S/c1-21-14-4-2-3-12-16(14)13(19)9-15(17(12)20)22-11-7-5-10(18)6-8-11/h2-9H,1H3. The smallest absolute Gasteiger partial charge is 0.200 e. The van der Waals surface area contributed by atoms with Gasteiger partial charge in [0.2, 0.25) is 5.78 Å². The summed E-state index contributed by atoms with van der Waals surface area (Å²) in [5, 5.41) is 0.624.